The Morgan fingerprint density at radius 3 is 1.78 bits per heavy atom. The Bertz CT molecular complexity index is 497. The topological polar surface area (TPSA) is 51.2 Å². The summed E-state index contributed by atoms with van der Waals surface area (Å²) in [5.74, 6) is -2.15. The van der Waals surface area contributed by atoms with Crippen molar-refractivity contribution in [2.75, 3.05) is 0 Å². The van der Waals surface area contributed by atoms with E-state index >= 15 is 0 Å². The van der Waals surface area contributed by atoms with Gasteiger partial charge in [0.15, 0.2) is 17.3 Å². The molecule has 0 aromatic heterocycles. The van der Waals surface area contributed by atoms with Crippen molar-refractivity contribution >= 4 is 17.3 Å². The Morgan fingerprint density at radius 1 is 1.06 bits per heavy atom. The summed E-state index contributed by atoms with van der Waals surface area (Å²) in [6, 6.07) is 6.61. The van der Waals surface area contributed by atoms with Crippen LogP contribution in [0.5, 0.6) is 0 Å². The molecule has 0 atom stereocenters. The molecule has 0 saturated heterocycles. The van der Waals surface area contributed by atoms with E-state index in [1.165, 1.54) is 0 Å². The van der Waals surface area contributed by atoms with Crippen LogP contribution in [0.25, 0.3) is 0 Å². The van der Waals surface area contributed by atoms with Crippen LogP contribution in [-0.2, 0) is 4.79 Å². The summed E-state index contributed by atoms with van der Waals surface area (Å²) >= 11 is 0. The molecule has 0 amide bonds. The first-order valence-corrected chi connectivity index (χ1v) is 5.56. The maximum atomic E-state index is 12.1. The molecule has 1 aromatic carbocycles. The fourth-order valence-corrected chi connectivity index (χ4v) is 2.01. The second kappa shape index (κ2) is 5.08. The van der Waals surface area contributed by atoms with Crippen LogP contribution < -0.4 is 29.6 Å². The summed E-state index contributed by atoms with van der Waals surface area (Å²) < 4.78 is 0. The fraction of sp³-hybridized carbons (Fsp3) is 0.357. The third kappa shape index (κ3) is 2.35. The van der Waals surface area contributed by atoms with Gasteiger partial charge in [0.25, 0.3) is 0 Å². The van der Waals surface area contributed by atoms with Gasteiger partial charge in [0.1, 0.15) is 5.92 Å². The van der Waals surface area contributed by atoms with Gasteiger partial charge in [0.05, 0.1) is 0 Å². The molecule has 0 saturated carbocycles. The van der Waals surface area contributed by atoms with Gasteiger partial charge in [-0.15, -0.1) is 0 Å². The third-order valence-electron chi connectivity index (χ3n) is 2.98. The van der Waals surface area contributed by atoms with Crippen molar-refractivity contribution in [1.82, 2.24) is 0 Å². The Morgan fingerprint density at radius 2 is 1.44 bits per heavy atom. The zero-order valence-electron chi connectivity index (χ0n) is 12.1. The van der Waals surface area contributed by atoms with Crippen LogP contribution >= 0.6 is 0 Å². The van der Waals surface area contributed by atoms with E-state index in [-0.39, 0.29) is 48.3 Å². The number of hydrogen-bond acceptors (Lipinski definition) is 3. The zero-order chi connectivity index (χ0) is 12.8. The Labute approximate surface area is 130 Å². The number of ketones is 3. The number of fused-ring (bicyclic) bond motifs is 1. The Kier molecular flexibility index (Phi) is 4.31. The summed E-state index contributed by atoms with van der Waals surface area (Å²) in [6.45, 7) is 5.16. The van der Waals surface area contributed by atoms with Gasteiger partial charge in [-0.05, 0) is 0 Å². The molecule has 0 N–H and O–H groups in total. The molecule has 1 aromatic rings. The molecule has 0 unspecified atom stereocenters. The van der Waals surface area contributed by atoms with E-state index in [0.717, 1.165) is 0 Å². The molecule has 1 aliphatic carbocycles. The number of rotatable bonds is 1. The fourth-order valence-electron chi connectivity index (χ4n) is 2.01. The molecule has 0 bridgehead atoms. The molecular formula is C14H15NaO3. The van der Waals surface area contributed by atoms with E-state index in [0.29, 0.717) is 11.1 Å². The monoisotopic (exact) mass is 254 g/mol. The van der Waals surface area contributed by atoms with E-state index in [1.807, 2.05) is 0 Å². The summed E-state index contributed by atoms with van der Waals surface area (Å²) in [7, 11) is 0. The third-order valence-corrected chi connectivity index (χ3v) is 2.98. The van der Waals surface area contributed by atoms with Crippen molar-refractivity contribution in [3.8, 4) is 0 Å². The minimum Gasteiger partial charge on any atom is -1.00 e. The molecule has 0 spiro atoms. The molecule has 0 aliphatic heterocycles. The maximum absolute atomic E-state index is 12.1. The van der Waals surface area contributed by atoms with Crippen LogP contribution in [0.1, 0.15) is 42.9 Å². The summed E-state index contributed by atoms with van der Waals surface area (Å²) in [5, 5.41) is 0. The van der Waals surface area contributed by atoms with E-state index in [4.69, 9.17) is 0 Å². The van der Waals surface area contributed by atoms with Crippen LogP contribution in [0.2, 0.25) is 0 Å². The number of hydrogen-bond donors (Lipinski definition) is 0. The minimum atomic E-state index is -1.13. The van der Waals surface area contributed by atoms with Crippen molar-refractivity contribution < 1.29 is 45.4 Å². The van der Waals surface area contributed by atoms with E-state index < -0.39 is 11.3 Å². The van der Waals surface area contributed by atoms with E-state index in [1.54, 1.807) is 45.0 Å². The Hall–Kier alpha value is -0.770. The van der Waals surface area contributed by atoms with Gasteiger partial charge in [-0.3, -0.25) is 14.4 Å². The molecule has 2 rings (SSSR count). The molecule has 3 nitrogen and oxygen atoms in total. The predicted octanol–water partition coefficient (Wildman–Crippen LogP) is -0.587. The number of benzene rings is 1. The summed E-state index contributed by atoms with van der Waals surface area (Å²) in [6.07, 6.45) is 0. The first-order chi connectivity index (χ1) is 7.84. The molecule has 1 aliphatic rings. The van der Waals surface area contributed by atoms with Crippen molar-refractivity contribution in [1.29, 1.82) is 0 Å². The van der Waals surface area contributed by atoms with E-state index in [2.05, 4.69) is 0 Å². The van der Waals surface area contributed by atoms with Crippen molar-refractivity contribution in [3.63, 3.8) is 0 Å². The molecule has 0 radical (unpaired) electrons. The van der Waals surface area contributed by atoms with Gasteiger partial charge >= 0.3 is 29.6 Å². The number of carbonyl (C=O) groups is 3. The van der Waals surface area contributed by atoms with Crippen LogP contribution in [0.4, 0.5) is 0 Å². The van der Waals surface area contributed by atoms with Crippen molar-refractivity contribution in [2.24, 2.45) is 11.3 Å². The van der Waals surface area contributed by atoms with E-state index in [9.17, 15) is 14.4 Å². The molecule has 0 heterocycles. The molecule has 18 heavy (non-hydrogen) atoms. The SMILES string of the molecule is CC(C)(C)C(=O)C1C(=O)c2ccccc2C1=O.[H-].[Na+]. The van der Waals surface area contributed by atoms with Gasteiger partial charge in [-0.2, -0.15) is 0 Å². The maximum Gasteiger partial charge on any atom is 1.00 e. The first kappa shape index (κ1) is 15.3. The molecule has 4 heteroatoms. The van der Waals surface area contributed by atoms with Gasteiger partial charge in [-0.1, -0.05) is 45.0 Å². The smallest absolute Gasteiger partial charge is 1.00 e. The van der Waals surface area contributed by atoms with Gasteiger partial charge in [0.2, 0.25) is 0 Å². The number of carbonyl (C=O) groups excluding carboxylic acids is 3. The minimum absolute atomic E-state index is 0. The van der Waals surface area contributed by atoms with Crippen LogP contribution in [0.3, 0.4) is 0 Å². The first-order valence-electron chi connectivity index (χ1n) is 5.56. The summed E-state index contributed by atoms with van der Waals surface area (Å²) in [4.78, 5) is 36.2. The van der Waals surface area contributed by atoms with Crippen LogP contribution in [0, 0.1) is 11.3 Å². The molecule has 90 valence electrons. The Balaban J connectivity index is 0.00000162. The second-order valence-electron chi connectivity index (χ2n) is 5.32. The second-order valence-corrected chi connectivity index (χ2v) is 5.32. The van der Waals surface area contributed by atoms with Crippen molar-refractivity contribution in [3.05, 3.63) is 35.4 Å². The van der Waals surface area contributed by atoms with Crippen LogP contribution in [0.15, 0.2) is 24.3 Å². The molecular weight excluding hydrogens is 239 g/mol. The average molecular weight is 254 g/mol. The zero-order valence-corrected chi connectivity index (χ0v) is 13.1. The number of Topliss-reactive ketones (excluding diaryl/α,β-unsaturated/α-hetero) is 3. The standard InChI is InChI=1S/C14H14O3.Na.H/c1-14(2,3)13(17)10-11(15)8-6-4-5-7-9(8)12(10)16;;/h4-7,10H,1-3H3;;/q;+1;-1. The molecule has 0 fully saturated rings. The predicted molar refractivity (Wildman–Crippen MR) is 64.2 cm³/mol. The van der Waals surface area contributed by atoms with Gasteiger partial charge < -0.3 is 1.43 Å². The quantitative estimate of drug-likeness (QED) is 0.497. The van der Waals surface area contributed by atoms with Gasteiger partial charge in [-0.25, -0.2) is 0 Å². The van der Waals surface area contributed by atoms with Gasteiger partial charge in [0, 0.05) is 16.5 Å². The largest absolute Gasteiger partial charge is 1.00 e. The average Bonchev–Trinajstić information content (AvgIpc) is 2.51. The van der Waals surface area contributed by atoms with Crippen molar-refractivity contribution in [2.45, 2.75) is 20.8 Å². The normalized spacial score (nSPS) is 15.3. The van der Waals surface area contributed by atoms with Crippen LogP contribution in [-0.4, -0.2) is 17.3 Å². The summed E-state index contributed by atoms with van der Waals surface area (Å²) in [5.41, 5.74) is 0.0677.